The van der Waals surface area contributed by atoms with E-state index in [0.717, 1.165) is 5.56 Å². The Morgan fingerprint density at radius 2 is 1.87 bits per heavy atom. The second-order valence-corrected chi connectivity index (χ2v) is 6.91. The Bertz CT molecular complexity index is 1080. The van der Waals surface area contributed by atoms with Crippen LogP contribution in [0.1, 0.15) is 27.3 Å². The zero-order valence-electron chi connectivity index (χ0n) is 17.6. The maximum absolute atomic E-state index is 12.3. The number of rotatable bonds is 9. The third-order valence-electron chi connectivity index (χ3n) is 4.77. The van der Waals surface area contributed by atoms with Crippen molar-refractivity contribution < 1.29 is 19.2 Å². The largest absolute Gasteiger partial charge is 0.497 e. The zero-order chi connectivity index (χ0) is 22.4. The van der Waals surface area contributed by atoms with Crippen molar-refractivity contribution in [2.75, 3.05) is 20.3 Å². The molecule has 1 N–H and O–H groups in total. The average molecular weight is 424 g/mol. The summed E-state index contributed by atoms with van der Waals surface area (Å²) in [5.74, 6) is 1.17. The van der Waals surface area contributed by atoms with E-state index < -0.39 is 4.92 Å². The Labute approximate surface area is 179 Å². The maximum Gasteiger partial charge on any atom is 0.312 e. The number of amides is 1. The number of hydrogen-bond donors (Lipinski definition) is 1. The van der Waals surface area contributed by atoms with Crippen molar-refractivity contribution in [2.45, 2.75) is 20.4 Å². The van der Waals surface area contributed by atoms with Crippen LogP contribution in [0.4, 0.5) is 5.69 Å². The van der Waals surface area contributed by atoms with Crippen molar-refractivity contribution in [2.24, 2.45) is 0 Å². The lowest BCUT2D eigenvalue weighted by molar-refractivity contribution is -0.386. The number of aryl methyl sites for hydroxylation is 1. The lowest BCUT2D eigenvalue weighted by Gasteiger charge is -2.09. The number of carbonyl (C=O) groups excluding carboxylic acids is 1. The molecular formula is C22H24N4O5. The Kier molecular flexibility index (Phi) is 6.86. The third kappa shape index (κ3) is 5.39. The first-order chi connectivity index (χ1) is 14.9. The van der Waals surface area contributed by atoms with Gasteiger partial charge in [0.15, 0.2) is 0 Å². The molecule has 3 rings (SSSR count). The molecule has 31 heavy (non-hydrogen) atoms. The van der Waals surface area contributed by atoms with Gasteiger partial charge in [-0.25, -0.2) is 0 Å². The molecular weight excluding hydrogens is 400 g/mol. The number of aromatic nitrogens is 2. The zero-order valence-corrected chi connectivity index (χ0v) is 17.6. The molecule has 9 heteroatoms. The second-order valence-electron chi connectivity index (χ2n) is 6.91. The van der Waals surface area contributed by atoms with E-state index in [1.54, 1.807) is 43.8 Å². The second kappa shape index (κ2) is 9.75. The Morgan fingerprint density at radius 1 is 1.16 bits per heavy atom. The number of carbonyl (C=O) groups is 1. The van der Waals surface area contributed by atoms with Crippen molar-refractivity contribution in [1.29, 1.82) is 0 Å². The highest BCUT2D eigenvalue weighted by Gasteiger charge is 2.21. The summed E-state index contributed by atoms with van der Waals surface area (Å²) >= 11 is 0. The average Bonchev–Trinajstić information content (AvgIpc) is 3.04. The SMILES string of the molecule is COc1cccc(OCCNC(=O)c2ccc(Cn3nc(C)c([N+](=O)[O-])c3C)cc2)c1. The van der Waals surface area contributed by atoms with Gasteiger partial charge in [-0.1, -0.05) is 18.2 Å². The summed E-state index contributed by atoms with van der Waals surface area (Å²) in [4.78, 5) is 23.0. The van der Waals surface area contributed by atoms with E-state index in [1.165, 1.54) is 0 Å². The predicted octanol–water partition coefficient (Wildman–Crippen LogP) is 3.27. The fourth-order valence-electron chi connectivity index (χ4n) is 3.17. The van der Waals surface area contributed by atoms with Crippen LogP contribution in [-0.2, 0) is 6.54 Å². The number of ether oxygens (including phenoxy) is 2. The van der Waals surface area contributed by atoms with Gasteiger partial charge in [-0.3, -0.25) is 19.6 Å². The summed E-state index contributed by atoms with van der Waals surface area (Å²) in [5, 5.41) is 18.2. The van der Waals surface area contributed by atoms with Crippen LogP contribution in [0.25, 0.3) is 0 Å². The van der Waals surface area contributed by atoms with E-state index >= 15 is 0 Å². The van der Waals surface area contributed by atoms with Gasteiger partial charge in [0.2, 0.25) is 0 Å². The summed E-state index contributed by atoms with van der Waals surface area (Å²) in [6.45, 7) is 4.36. The highest BCUT2D eigenvalue weighted by molar-refractivity contribution is 5.94. The normalized spacial score (nSPS) is 10.5. The lowest BCUT2D eigenvalue weighted by atomic mass is 10.1. The third-order valence-corrected chi connectivity index (χ3v) is 4.77. The molecule has 0 saturated carbocycles. The smallest absolute Gasteiger partial charge is 0.312 e. The van der Waals surface area contributed by atoms with Crippen molar-refractivity contribution >= 4 is 11.6 Å². The molecule has 0 aliphatic rings. The number of nitro groups is 1. The molecule has 0 fully saturated rings. The first-order valence-corrected chi connectivity index (χ1v) is 9.71. The summed E-state index contributed by atoms with van der Waals surface area (Å²) in [6.07, 6.45) is 0. The molecule has 9 nitrogen and oxygen atoms in total. The van der Waals surface area contributed by atoms with Gasteiger partial charge in [-0.2, -0.15) is 5.10 Å². The first kappa shape index (κ1) is 21.8. The molecule has 2 aromatic carbocycles. The van der Waals surface area contributed by atoms with Crippen LogP contribution in [0.3, 0.4) is 0 Å². The molecule has 0 saturated heterocycles. The van der Waals surface area contributed by atoms with E-state index in [4.69, 9.17) is 9.47 Å². The van der Waals surface area contributed by atoms with Crippen LogP contribution >= 0.6 is 0 Å². The molecule has 162 valence electrons. The van der Waals surface area contributed by atoms with Gasteiger partial charge in [0.05, 0.1) is 25.1 Å². The minimum absolute atomic E-state index is 0.0344. The van der Waals surface area contributed by atoms with Gasteiger partial charge in [0.25, 0.3) is 5.91 Å². The first-order valence-electron chi connectivity index (χ1n) is 9.71. The molecule has 0 spiro atoms. The van der Waals surface area contributed by atoms with Gasteiger partial charge in [0.1, 0.15) is 29.5 Å². The van der Waals surface area contributed by atoms with Crippen LogP contribution in [0.2, 0.25) is 0 Å². The van der Waals surface area contributed by atoms with Gasteiger partial charge in [-0.15, -0.1) is 0 Å². The van der Waals surface area contributed by atoms with Crippen LogP contribution in [0.5, 0.6) is 11.5 Å². The topological polar surface area (TPSA) is 109 Å². The molecule has 0 radical (unpaired) electrons. The van der Waals surface area contributed by atoms with Crippen LogP contribution < -0.4 is 14.8 Å². The molecule has 0 aliphatic carbocycles. The number of nitrogens with one attached hydrogen (secondary N) is 1. The molecule has 0 atom stereocenters. The minimum Gasteiger partial charge on any atom is -0.497 e. The maximum atomic E-state index is 12.3. The van der Waals surface area contributed by atoms with Gasteiger partial charge in [0, 0.05) is 11.6 Å². The van der Waals surface area contributed by atoms with E-state index in [9.17, 15) is 14.9 Å². The standard InChI is InChI=1S/C22H24N4O5/c1-15-21(26(28)29)16(2)25(24-15)14-17-7-9-18(10-8-17)22(27)23-11-12-31-20-6-4-5-19(13-20)30-3/h4-10,13H,11-12,14H2,1-3H3,(H,23,27). The molecule has 1 aromatic heterocycles. The Morgan fingerprint density at radius 3 is 2.52 bits per heavy atom. The van der Waals surface area contributed by atoms with Crippen molar-refractivity contribution in [3.63, 3.8) is 0 Å². The molecule has 0 bridgehead atoms. The number of benzene rings is 2. The number of nitrogens with zero attached hydrogens (tertiary/aromatic N) is 3. The van der Waals surface area contributed by atoms with Crippen LogP contribution in [0.15, 0.2) is 48.5 Å². The van der Waals surface area contributed by atoms with E-state index in [2.05, 4.69) is 10.4 Å². The summed E-state index contributed by atoms with van der Waals surface area (Å²) in [5.41, 5.74) is 2.32. The minimum atomic E-state index is -0.417. The number of methoxy groups -OCH3 is 1. The van der Waals surface area contributed by atoms with E-state index in [0.29, 0.717) is 48.1 Å². The predicted molar refractivity (Wildman–Crippen MR) is 115 cm³/mol. The molecule has 0 unspecified atom stereocenters. The summed E-state index contributed by atoms with van der Waals surface area (Å²) < 4.78 is 12.3. The van der Waals surface area contributed by atoms with Crippen molar-refractivity contribution in [3.05, 3.63) is 81.2 Å². The quantitative estimate of drug-likeness (QED) is 0.321. The molecule has 1 heterocycles. The van der Waals surface area contributed by atoms with Gasteiger partial charge in [-0.05, 0) is 43.7 Å². The Balaban J connectivity index is 1.52. The van der Waals surface area contributed by atoms with Crippen LogP contribution in [0, 0.1) is 24.0 Å². The van der Waals surface area contributed by atoms with Crippen LogP contribution in [-0.4, -0.2) is 40.9 Å². The lowest BCUT2D eigenvalue weighted by Crippen LogP contribution is -2.28. The fraction of sp³-hybridized carbons (Fsp3) is 0.273. The van der Waals surface area contributed by atoms with Gasteiger partial charge < -0.3 is 14.8 Å². The van der Waals surface area contributed by atoms with E-state index in [1.807, 2.05) is 30.3 Å². The molecule has 1 amide bonds. The number of hydrogen-bond acceptors (Lipinski definition) is 6. The van der Waals surface area contributed by atoms with Crippen molar-refractivity contribution in [3.8, 4) is 11.5 Å². The summed E-state index contributed by atoms with van der Waals surface area (Å²) in [7, 11) is 1.59. The Hall–Kier alpha value is -3.88. The molecule has 3 aromatic rings. The summed E-state index contributed by atoms with van der Waals surface area (Å²) in [6, 6.07) is 14.3. The highest BCUT2D eigenvalue weighted by atomic mass is 16.6. The highest BCUT2D eigenvalue weighted by Crippen LogP contribution is 2.22. The fourth-order valence-corrected chi connectivity index (χ4v) is 3.17. The van der Waals surface area contributed by atoms with E-state index in [-0.39, 0.29) is 11.6 Å². The monoisotopic (exact) mass is 424 g/mol. The molecule has 0 aliphatic heterocycles. The van der Waals surface area contributed by atoms with Gasteiger partial charge >= 0.3 is 5.69 Å². The van der Waals surface area contributed by atoms with Crippen molar-refractivity contribution in [1.82, 2.24) is 15.1 Å².